The van der Waals surface area contributed by atoms with Crippen LogP contribution >= 0.6 is 7.26 Å². The molecule has 0 spiro atoms. The minimum Gasteiger partial charge on any atom is -0.322 e. The molecule has 0 aromatic heterocycles. The minimum atomic E-state index is -1.27. The van der Waals surface area contributed by atoms with E-state index < -0.39 is 7.26 Å². The number of carbonyl (C=O) groups excluding carboxylic acids is 1. The lowest BCUT2D eigenvalue weighted by atomic mass is 9.83. The van der Waals surface area contributed by atoms with Gasteiger partial charge < -0.3 is 5.32 Å². The van der Waals surface area contributed by atoms with Crippen molar-refractivity contribution in [3.05, 3.63) is 29.1 Å². The second kappa shape index (κ2) is 5.11. The van der Waals surface area contributed by atoms with Gasteiger partial charge in [-0.3, -0.25) is 4.79 Å². The Morgan fingerprint density at radius 3 is 2.05 bits per heavy atom. The Morgan fingerprint density at radius 2 is 1.70 bits per heavy atom. The standard InChI is InChI=1S/C16H23FNOP/c1-11-9-13(17)10-12(2)14(11)18-15(19)16(7-6-8-16)20(3,4)5/h9-10H,6-8H2,1-5H3/p+1. The van der Waals surface area contributed by atoms with Gasteiger partial charge in [-0.2, -0.15) is 0 Å². The Bertz CT molecular complexity index is 521. The van der Waals surface area contributed by atoms with Crippen LogP contribution in [0, 0.1) is 19.7 Å². The van der Waals surface area contributed by atoms with E-state index in [1.165, 1.54) is 12.1 Å². The van der Waals surface area contributed by atoms with Crippen molar-refractivity contribution in [2.45, 2.75) is 38.3 Å². The van der Waals surface area contributed by atoms with Crippen molar-refractivity contribution < 1.29 is 9.18 Å². The average molecular weight is 296 g/mol. The van der Waals surface area contributed by atoms with Crippen LogP contribution in [0.2, 0.25) is 0 Å². The van der Waals surface area contributed by atoms with E-state index in [4.69, 9.17) is 0 Å². The number of aryl methyl sites for hydroxylation is 2. The number of halogens is 1. The molecule has 0 saturated heterocycles. The zero-order chi connectivity index (χ0) is 15.1. The highest BCUT2D eigenvalue weighted by atomic mass is 31.2. The fraction of sp³-hybridized carbons (Fsp3) is 0.562. The molecule has 1 aromatic rings. The molecule has 0 radical (unpaired) electrons. The number of hydrogen-bond donors (Lipinski definition) is 1. The van der Waals surface area contributed by atoms with Gasteiger partial charge in [0, 0.05) is 32.9 Å². The largest absolute Gasteiger partial charge is 0.322 e. The topological polar surface area (TPSA) is 29.1 Å². The van der Waals surface area contributed by atoms with Crippen molar-refractivity contribution in [1.82, 2.24) is 0 Å². The Morgan fingerprint density at radius 1 is 1.20 bits per heavy atom. The number of benzene rings is 1. The lowest BCUT2D eigenvalue weighted by molar-refractivity contribution is -0.120. The number of hydrogen-bond acceptors (Lipinski definition) is 1. The van der Waals surface area contributed by atoms with Gasteiger partial charge in [0.25, 0.3) is 5.91 Å². The lowest BCUT2D eigenvalue weighted by Crippen LogP contribution is -2.49. The molecule has 0 heterocycles. The average Bonchev–Trinajstić information content (AvgIpc) is 2.19. The van der Waals surface area contributed by atoms with Crippen LogP contribution in [-0.4, -0.2) is 31.1 Å². The van der Waals surface area contributed by atoms with Crippen LogP contribution in [0.25, 0.3) is 0 Å². The molecule has 4 heteroatoms. The number of amides is 1. The number of rotatable bonds is 3. The van der Waals surface area contributed by atoms with Crippen molar-refractivity contribution in [2.24, 2.45) is 0 Å². The normalized spacial score (nSPS) is 17.5. The maximum absolute atomic E-state index is 13.3. The smallest absolute Gasteiger partial charge is 0.268 e. The van der Waals surface area contributed by atoms with Gasteiger partial charge in [0.15, 0.2) is 5.16 Å². The molecule has 0 unspecified atom stereocenters. The molecule has 1 N–H and O–H groups in total. The van der Waals surface area contributed by atoms with E-state index in [2.05, 4.69) is 25.3 Å². The van der Waals surface area contributed by atoms with E-state index in [0.717, 1.165) is 36.1 Å². The van der Waals surface area contributed by atoms with E-state index in [-0.39, 0.29) is 16.9 Å². The molecule has 20 heavy (non-hydrogen) atoms. The SMILES string of the molecule is Cc1cc(F)cc(C)c1NC(=O)C1([P+](C)(C)C)CCC1. The van der Waals surface area contributed by atoms with Gasteiger partial charge >= 0.3 is 0 Å². The zero-order valence-corrected chi connectivity index (χ0v) is 13.9. The first-order chi connectivity index (χ1) is 9.17. The Kier molecular flexibility index (Phi) is 3.94. The van der Waals surface area contributed by atoms with Gasteiger partial charge in [-0.25, -0.2) is 4.39 Å². The summed E-state index contributed by atoms with van der Waals surface area (Å²) >= 11 is 0. The molecule has 1 aromatic carbocycles. The molecule has 1 saturated carbocycles. The third kappa shape index (κ3) is 2.48. The van der Waals surface area contributed by atoms with E-state index in [1.807, 2.05) is 13.8 Å². The van der Waals surface area contributed by atoms with Gasteiger partial charge in [-0.1, -0.05) is 0 Å². The number of carbonyl (C=O) groups is 1. The summed E-state index contributed by atoms with van der Waals surface area (Å²) in [6, 6.07) is 2.95. The van der Waals surface area contributed by atoms with E-state index >= 15 is 0 Å². The summed E-state index contributed by atoms with van der Waals surface area (Å²) in [4.78, 5) is 12.8. The summed E-state index contributed by atoms with van der Waals surface area (Å²) in [5, 5.41) is 2.90. The fourth-order valence-electron chi connectivity index (χ4n) is 3.05. The van der Waals surface area contributed by atoms with Crippen molar-refractivity contribution in [1.29, 1.82) is 0 Å². The summed E-state index contributed by atoms with van der Waals surface area (Å²) in [7, 11) is -1.27. The molecule has 1 aliphatic carbocycles. The summed E-state index contributed by atoms with van der Waals surface area (Å²) in [5.41, 5.74) is 2.35. The molecule has 1 aliphatic rings. The van der Waals surface area contributed by atoms with Crippen LogP contribution in [0.5, 0.6) is 0 Å². The van der Waals surface area contributed by atoms with Gasteiger partial charge in [0.1, 0.15) is 5.82 Å². The molecule has 2 rings (SSSR count). The Labute approximate surface area is 121 Å². The molecular formula is C16H24FNOP+. The van der Waals surface area contributed by atoms with Crippen LogP contribution in [0.1, 0.15) is 30.4 Å². The second-order valence-corrected chi connectivity index (χ2v) is 11.6. The summed E-state index contributed by atoms with van der Waals surface area (Å²) < 4.78 is 13.3. The summed E-state index contributed by atoms with van der Waals surface area (Å²) in [6.45, 7) is 10.4. The third-order valence-electron chi connectivity index (χ3n) is 4.62. The zero-order valence-electron chi connectivity index (χ0n) is 13.0. The fourth-order valence-corrected chi connectivity index (χ4v) is 5.37. The maximum Gasteiger partial charge on any atom is 0.268 e. The van der Waals surface area contributed by atoms with Crippen molar-refractivity contribution in [2.75, 3.05) is 25.3 Å². The number of anilines is 1. The first-order valence-corrected chi connectivity index (χ1v) is 10.2. The Hall–Kier alpha value is -0.950. The molecule has 2 nitrogen and oxygen atoms in total. The highest BCUT2D eigenvalue weighted by Gasteiger charge is 2.58. The van der Waals surface area contributed by atoms with Gasteiger partial charge in [0.2, 0.25) is 0 Å². The van der Waals surface area contributed by atoms with Crippen molar-refractivity contribution in [3.63, 3.8) is 0 Å². The van der Waals surface area contributed by atoms with Gasteiger partial charge in [0.05, 0.1) is 0 Å². The molecule has 1 amide bonds. The molecule has 110 valence electrons. The molecule has 1 fully saturated rings. The predicted molar refractivity (Wildman–Crippen MR) is 85.8 cm³/mol. The molecule has 0 bridgehead atoms. The molecule has 0 atom stereocenters. The predicted octanol–water partition coefficient (Wildman–Crippen LogP) is 4.21. The first kappa shape index (κ1) is 15.4. The van der Waals surface area contributed by atoms with E-state index in [1.54, 1.807) is 0 Å². The number of nitrogens with one attached hydrogen (secondary N) is 1. The van der Waals surface area contributed by atoms with Crippen LogP contribution < -0.4 is 5.32 Å². The van der Waals surface area contributed by atoms with Crippen LogP contribution in [0.4, 0.5) is 10.1 Å². The first-order valence-electron chi connectivity index (χ1n) is 7.07. The highest BCUT2D eigenvalue weighted by molar-refractivity contribution is 7.76. The lowest BCUT2D eigenvalue weighted by Gasteiger charge is -2.44. The molecular weight excluding hydrogens is 272 g/mol. The van der Waals surface area contributed by atoms with Crippen LogP contribution in [0.3, 0.4) is 0 Å². The monoisotopic (exact) mass is 296 g/mol. The molecule has 0 aliphatic heterocycles. The van der Waals surface area contributed by atoms with E-state index in [9.17, 15) is 9.18 Å². The quantitative estimate of drug-likeness (QED) is 0.832. The van der Waals surface area contributed by atoms with Crippen molar-refractivity contribution in [3.8, 4) is 0 Å². The van der Waals surface area contributed by atoms with Crippen molar-refractivity contribution >= 4 is 18.9 Å². The third-order valence-corrected chi connectivity index (χ3v) is 7.84. The van der Waals surface area contributed by atoms with Gasteiger partial charge in [-0.15, -0.1) is 0 Å². The highest BCUT2D eigenvalue weighted by Crippen LogP contribution is 2.68. The maximum atomic E-state index is 13.3. The van der Waals surface area contributed by atoms with Crippen LogP contribution in [0.15, 0.2) is 12.1 Å². The summed E-state index contributed by atoms with van der Waals surface area (Å²) in [5.74, 6) is -0.123. The second-order valence-electron chi connectivity index (χ2n) is 6.77. The Balaban J connectivity index is 2.29. The van der Waals surface area contributed by atoms with Gasteiger partial charge in [-0.05, 0) is 56.4 Å². The minimum absolute atomic E-state index is 0.127. The van der Waals surface area contributed by atoms with E-state index in [0.29, 0.717) is 0 Å². The van der Waals surface area contributed by atoms with Crippen LogP contribution in [-0.2, 0) is 4.79 Å². The summed E-state index contributed by atoms with van der Waals surface area (Å²) in [6.07, 6.45) is 3.09.